The Bertz CT molecular complexity index is 274. The summed E-state index contributed by atoms with van der Waals surface area (Å²) in [6, 6.07) is 0.760. The van der Waals surface area contributed by atoms with Gasteiger partial charge in [-0.3, -0.25) is 0 Å². The van der Waals surface area contributed by atoms with E-state index in [1.165, 1.54) is 12.8 Å². The van der Waals surface area contributed by atoms with Gasteiger partial charge in [-0.15, -0.1) is 0 Å². The van der Waals surface area contributed by atoms with Crippen molar-refractivity contribution in [3.63, 3.8) is 0 Å². The van der Waals surface area contributed by atoms with Crippen molar-refractivity contribution in [2.45, 2.75) is 51.1 Å². The fourth-order valence-electron chi connectivity index (χ4n) is 2.43. The quantitative estimate of drug-likeness (QED) is 0.649. The molecule has 3 atom stereocenters. The molecule has 4 heteroatoms. The second kappa shape index (κ2) is 3.24. The van der Waals surface area contributed by atoms with Gasteiger partial charge in [0.05, 0.1) is 5.75 Å². The molecule has 2 aliphatic rings. The van der Waals surface area contributed by atoms with Gasteiger partial charge < -0.3 is 0 Å². The Labute approximate surface area is 80.2 Å². The second-order valence-electron chi connectivity index (χ2n) is 4.07. The van der Waals surface area contributed by atoms with Crippen LogP contribution in [0.1, 0.15) is 39.0 Å². The lowest BCUT2D eigenvalue weighted by Gasteiger charge is -2.02. The molecule has 0 amide bonds. The topological polar surface area (TPSA) is 37.1 Å². The van der Waals surface area contributed by atoms with Gasteiger partial charge in [-0.25, -0.2) is 8.42 Å². The fraction of sp³-hybridized carbons (Fsp3) is 1.00. The van der Waals surface area contributed by atoms with E-state index in [0.29, 0.717) is 17.8 Å². The molecule has 0 aromatic carbocycles. The van der Waals surface area contributed by atoms with Gasteiger partial charge in [0.1, 0.15) is 0 Å². The number of hydrogen-bond donors (Lipinski definition) is 0. The first-order valence-corrected chi connectivity index (χ1v) is 6.79. The van der Waals surface area contributed by atoms with Crippen molar-refractivity contribution in [2.75, 3.05) is 5.75 Å². The Morgan fingerprint density at radius 1 is 1.23 bits per heavy atom. The molecular formula is C9H17NO2S. The fourth-order valence-corrected chi connectivity index (χ4v) is 4.42. The van der Waals surface area contributed by atoms with Gasteiger partial charge in [0.2, 0.25) is 10.0 Å². The van der Waals surface area contributed by atoms with Crippen LogP contribution in [0.4, 0.5) is 0 Å². The summed E-state index contributed by atoms with van der Waals surface area (Å²) in [7, 11) is -2.89. The maximum absolute atomic E-state index is 11.7. The van der Waals surface area contributed by atoms with Crippen LogP contribution in [0.3, 0.4) is 0 Å². The van der Waals surface area contributed by atoms with E-state index in [2.05, 4.69) is 0 Å². The highest BCUT2D eigenvalue weighted by Crippen LogP contribution is 2.42. The van der Waals surface area contributed by atoms with Crippen molar-refractivity contribution in [3.05, 3.63) is 0 Å². The first-order chi connectivity index (χ1) is 6.17. The summed E-state index contributed by atoms with van der Waals surface area (Å²) in [5, 5.41) is 0. The average Bonchev–Trinajstić information content (AvgIpc) is 2.77. The standard InChI is InChI=1S/C9H17NO2S/c1-2-7-13(11,12)10-8-5-3-4-6-9(8)10/h8-9H,2-7H2,1H3/t8-,9+,10?. The largest absolute Gasteiger partial charge is 0.214 e. The zero-order chi connectivity index (χ0) is 9.47. The number of hydrogen-bond acceptors (Lipinski definition) is 2. The Hall–Kier alpha value is -0.0900. The molecule has 2 fully saturated rings. The highest BCUT2D eigenvalue weighted by atomic mass is 32.2. The predicted molar refractivity (Wildman–Crippen MR) is 52.0 cm³/mol. The molecule has 0 radical (unpaired) electrons. The third-order valence-corrected chi connectivity index (χ3v) is 5.15. The summed E-state index contributed by atoms with van der Waals surface area (Å²) in [5.41, 5.74) is 0. The van der Waals surface area contributed by atoms with Gasteiger partial charge in [0.15, 0.2) is 0 Å². The molecule has 1 aliphatic heterocycles. The minimum Gasteiger partial charge on any atom is -0.212 e. The van der Waals surface area contributed by atoms with E-state index >= 15 is 0 Å². The lowest BCUT2D eigenvalue weighted by atomic mass is 10.0. The highest BCUT2D eigenvalue weighted by molar-refractivity contribution is 7.89. The monoisotopic (exact) mass is 203 g/mol. The lowest BCUT2D eigenvalue weighted by Crippen LogP contribution is -2.18. The van der Waals surface area contributed by atoms with Crippen molar-refractivity contribution < 1.29 is 8.42 Å². The molecule has 0 bridgehead atoms. The van der Waals surface area contributed by atoms with Crippen molar-refractivity contribution >= 4 is 10.0 Å². The molecule has 0 N–H and O–H groups in total. The van der Waals surface area contributed by atoms with Crippen LogP contribution < -0.4 is 0 Å². The normalized spacial score (nSPS) is 38.4. The van der Waals surface area contributed by atoms with Crippen LogP contribution in [0, 0.1) is 0 Å². The van der Waals surface area contributed by atoms with Crippen LogP contribution in [0.25, 0.3) is 0 Å². The van der Waals surface area contributed by atoms with E-state index in [1.807, 2.05) is 6.92 Å². The SMILES string of the molecule is CCCS(=O)(=O)N1[C@@H]2CCCC[C@@H]21. The molecule has 1 unspecified atom stereocenters. The van der Waals surface area contributed by atoms with E-state index in [9.17, 15) is 8.42 Å². The Balaban J connectivity index is 2.03. The zero-order valence-electron chi connectivity index (χ0n) is 8.07. The predicted octanol–water partition coefficient (Wildman–Crippen LogP) is 1.35. The van der Waals surface area contributed by atoms with Crippen LogP contribution in [-0.2, 0) is 10.0 Å². The summed E-state index contributed by atoms with van der Waals surface area (Å²) < 4.78 is 25.1. The van der Waals surface area contributed by atoms with E-state index < -0.39 is 10.0 Å². The molecule has 0 spiro atoms. The van der Waals surface area contributed by atoms with E-state index in [1.54, 1.807) is 4.31 Å². The number of sulfonamides is 1. The Morgan fingerprint density at radius 2 is 1.77 bits per heavy atom. The van der Waals surface area contributed by atoms with Gasteiger partial charge in [-0.1, -0.05) is 19.8 Å². The third-order valence-electron chi connectivity index (χ3n) is 3.04. The maximum Gasteiger partial charge on any atom is 0.214 e. The van der Waals surface area contributed by atoms with Gasteiger partial charge in [0, 0.05) is 12.1 Å². The van der Waals surface area contributed by atoms with E-state index in [4.69, 9.17) is 0 Å². The first-order valence-electron chi connectivity index (χ1n) is 5.18. The van der Waals surface area contributed by atoms with Gasteiger partial charge in [0.25, 0.3) is 0 Å². The summed E-state index contributed by atoms with van der Waals surface area (Å²) in [6.45, 7) is 1.92. The molecule has 1 heterocycles. The first kappa shape index (κ1) is 9.46. The molecule has 0 aromatic heterocycles. The second-order valence-corrected chi connectivity index (χ2v) is 6.06. The molecule has 13 heavy (non-hydrogen) atoms. The zero-order valence-corrected chi connectivity index (χ0v) is 8.89. The van der Waals surface area contributed by atoms with E-state index in [0.717, 1.165) is 19.3 Å². The van der Waals surface area contributed by atoms with Crippen LogP contribution in [-0.4, -0.2) is 30.6 Å². The Kier molecular flexibility index (Phi) is 2.36. The summed E-state index contributed by atoms with van der Waals surface area (Å²) in [6.07, 6.45) is 5.33. The minimum atomic E-state index is -2.89. The molecule has 76 valence electrons. The van der Waals surface area contributed by atoms with Crippen LogP contribution in [0.15, 0.2) is 0 Å². The summed E-state index contributed by atoms with van der Waals surface area (Å²) >= 11 is 0. The smallest absolute Gasteiger partial charge is 0.212 e. The van der Waals surface area contributed by atoms with Crippen molar-refractivity contribution in [1.82, 2.24) is 4.31 Å². The maximum atomic E-state index is 11.7. The summed E-state index contributed by atoms with van der Waals surface area (Å²) in [5.74, 6) is 0.333. The van der Waals surface area contributed by atoms with Crippen LogP contribution >= 0.6 is 0 Å². The average molecular weight is 203 g/mol. The Morgan fingerprint density at radius 3 is 2.23 bits per heavy atom. The highest BCUT2D eigenvalue weighted by Gasteiger charge is 2.54. The van der Waals surface area contributed by atoms with Crippen molar-refractivity contribution in [3.8, 4) is 0 Å². The van der Waals surface area contributed by atoms with Crippen LogP contribution in [0.5, 0.6) is 0 Å². The number of fused-ring (bicyclic) bond motifs is 1. The number of nitrogens with zero attached hydrogens (tertiary/aromatic N) is 1. The van der Waals surface area contributed by atoms with Gasteiger partial charge in [-0.2, -0.15) is 4.31 Å². The van der Waals surface area contributed by atoms with Crippen molar-refractivity contribution in [2.24, 2.45) is 0 Å². The van der Waals surface area contributed by atoms with Crippen LogP contribution in [0.2, 0.25) is 0 Å². The van der Waals surface area contributed by atoms with E-state index in [-0.39, 0.29) is 0 Å². The lowest BCUT2D eigenvalue weighted by molar-refractivity contribution is 0.543. The third kappa shape index (κ3) is 1.62. The molecule has 1 aliphatic carbocycles. The molecular weight excluding hydrogens is 186 g/mol. The summed E-state index contributed by atoms with van der Waals surface area (Å²) in [4.78, 5) is 0. The molecule has 1 saturated heterocycles. The molecule has 3 nitrogen and oxygen atoms in total. The minimum absolute atomic E-state index is 0.333. The van der Waals surface area contributed by atoms with Crippen molar-refractivity contribution in [1.29, 1.82) is 0 Å². The number of rotatable bonds is 3. The van der Waals surface area contributed by atoms with Gasteiger partial charge in [-0.05, 0) is 19.3 Å². The molecule has 2 rings (SSSR count). The molecule has 0 aromatic rings. The van der Waals surface area contributed by atoms with Gasteiger partial charge >= 0.3 is 0 Å². The molecule has 1 saturated carbocycles.